The number of nitrogens with zero attached hydrogens (tertiary/aromatic N) is 2. The zero-order valence-corrected chi connectivity index (χ0v) is 12.8. The van der Waals surface area contributed by atoms with Crippen molar-refractivity contribution < 1.29 is 4.79 Å². The van der Waals surface area contributed by atoms with E-state index < -0.39 is 0 Å². The van der Waals surface area contributed by atoms with E-state index in [0.29, 0.717) is 13.1 Å². The SMILES string of the molecule is Cl.Cl.NC(=O)N1CCN(Cc2ccccc2Cl)CC1. The fraction of sp³-hybridized carbons (Fsp3) is 0.417. The van der Waals surface area contributed by atoms with Gasteiger partial charge in [0.15, 0.2) is 0 Å². The van der Waals surface area contributed by atoms with Crippen LogP contribution in [0, 0.1) is 0 Å². The van der Waals surface area contributed by atoms with Gasteiger partial charge in [-0.05, 0) is 11.6 Å². The Morgan fingerprint density at radius 3 is 2.26 bits per heavy atom. The van der Waals surface area contributed by atoms with Gasteiger partial charge in [-0.25, -0.2) is 4.79 Å². The summed E-state index contributed by atoms with van der Waals surface area (Å²) in [5, 5.41) is 0.796. The van der Waals surface area contributed by atoms with E-state index in [-0.39, 0.29) is 30.8 Å². The molecule has 1 heterocycles. The van der Waals surface area contributed by atoms with Crippen molar-refractivity contribution in [2.45, 2.75) is 6.54 Å². The van der Waals surface area contributed by atoms with Gasteiger partial charge in [0.05, 0.1) is 0 Å². The molecule has 7 heteroatoms. The summed E-state index contributed by atoms with van der Waals surface area (Å²) < 4.78 is 0. The molecule has 0 unspecified atom stereocenters. The Morgan fingerprint density at radius 2 is 1.74 bits per heavy atom. The second-order valence-corrected chi connectivity index (χ2v) is 4.60. The number of hydrogen-bond donors (Lipinski definition) is 1. The fourth-order valence-electron chi connectivity index (χ4n) is 1.99. The van der Waals surface area contributed by atoms with E-state index in [1.165, 1.54) is 0 Å². The van der Waals surface area contributed by atoms with Gasteiger partial charge >= 0.3 is 6.03 Å². The standard InChI is InChI=1S/C12H16ClN3O.2ClH/c13-11-4-2-1-3-10(11)9-15-5-7-16(8-6-15)12(14)17;;/h1-4H,5-9H2,(H2,14,17);2*1H. The van der Waals surface area contributed by atoms with Gasteiger partial charge in [0.2, 0.25) is 0 Å². The summed E-state index contributed by atoms with van der Waals surface area (Å²) in [6.45, 7) is 3.90. The number of amides is 2. The number of primary amides is 1. The van der Waals surface area contributed by atoms with Gasteiger partial charge in [-0.2, -0.15) is 0 Å². The maximum atomic E-state index is 11.0. The topological polar surface area (TPSA) is 49.6 Å². The van der Waals surface area contributed by atoms with Crippen molar-refractivity contribution in [3.05, 3.63) is 34.9 Å². The molecular formula is C12H18Cl3N3O. The van der Waals surface area contributed by atoms with E-state index >= 15 is 0 Å². The quantitative estimate of drug-likeness (QED) is 0.907. The van der Waals surface area contributed by atoms with E-state index in [9.17, 15) is 4.79 Å². The monoisotopic (exact) mass is 325 g/mol. The normalized spacial score (nSPS) is 15.3. The Bertz CT molecular complexity index is 409. The minimum atomic E-state index is -0.331. The Morgan fingerprint density at radius 1 is 1.16 bits per heavy atom. The lowest BCUT2D eigenvalue weighted by atomic mass is 10.2. The van der Waals surface area contributed by atoms with Crippen molar-refractivity contribution in [1.82, 2.24) is 9.80 Å². The van der Waals surface area contributed by atoms with Crippen molar-refractivity contribution in [2.24, 2.45) is 5.73 Å². The molecule has 0 spiro atoms. The number of rotatable bonds is 2. The fourth-order valence-corrected chi connectivity index (χ4v) is 2.19. The maximum Gasteiger partial charge on any atom is 0.314 e. The lowest BCUT2D eigenvalue weighted by Gasteiger charge is -2.33. The molecule has 1 aromatic carbocycles. The molecule has 1 fully saturated rings. The highest BCUT2D eigenvalue weighted by atomic mass is 35.5. The molecule has 1 aliphatic rings. The number of nitrogens with two attached hydrogens (primary N) is 1. The molecule has 108 valence electrons. The molecule has 0 radical (unpaired) electrons. The molecule has 0 atom stereocenters. The van der Waals surface area contributed by atoms with Gasteiger partial charge in [-0.3, -0.25) is 4.90 Å². The Hall–Kier alpha value is -0.680. The molecular weight excluding hydrogens is 309 g/mol. The Kier molecular flexibility index (Phi) is 8.18. The number of piperazine rings is 1. The van der Waals surface area contributed by atoms with E-state index in [4.69, 9.17) is 17.3 Å². The minimum absolute atomic E-state index is 0. The van der Waals surface area contributed by atoms with E-state index in [2.05, 4.69) is 4.90 Å². The van der Waals surface area contributed by atoms with Crippen LogP contribution in [0.1, 0.15) is 5.56 Å². The molecule has 2 amide bonds. The van der Waals surface area contributed by atoms with Gasteiger partial charge in [-0.15, -0.1) is 24.8 Å². The van der Waals surface area contributed by atoms with Gasteiger partial charge in [0.25, 0.3) is 0 Å². The Balaban J connectivity index is 0.00000162. The third-order valence-corrected chi connectivity index (χ3v) is 3.40. The van der Waals surface area contributed by atoms with Crippen LogP contribution in [0.25, 0.3) is 0 Å². The second-order valence-electron chi connectivity index (χ2n) is 4.19. The predicted molar refractivity (Wildman–Crippen MR) is 82.4 cm³/mol. The van der Waals surface area contributed by atoms with Crippen LogP contribution in [-0.4, -0.2) is 42.0 Å². The molecule has 1 aromatic rings. The third kappa shape index (κ3) is 5.07. The molecule has 2 N–H and O–H groups in total. The lowest BCUT2D eigenvalue weighted by Crippen LogP contribution is -2.50. The molecule has 0 bridgehead atoms. The van der Waals surface area contributed by atoms with Crippen molar-refractivity contribution in [3.8, 4) is 0 Å². The van der Waals surface area contributed by atoms with E-state index in [1.807, 2.05) is 24.3 Å². The number of benzene rings is 1. The Labute approximate surface area is 130 Å². The van der Waals surface area contributed by atoms with Crippen molar-refractivity contribution >= 4 is 42.4 Å². The van der Waals surface area contributed by atoms with Crippen LogP contribution in [0.15, 0.2) is 24.3 Å². The summed E-state index contributed by atoms with van der Waals surface area (Å²) in [4.78, 5) is 14.9. The summed E-state index contributed by atoms with van der Waals surface area (Å²) in [7, 11) is 0. The zero-order chi connectivity index (χ0) is 12.3. The van der Waals surface area contributed by atoms with Crippen molar-refractivity contribution in [3.63, 3.8) is 0 Å². The molecule has 1 saturated heterocycles. The second kappa shape index (κ2) is 8.48. The van der Waals surface area contributed by atoms with Crippen LogP contribution < -0.4 is 5.73 Å². The van der Waals surface area contributed by atoms with Gasteiger partial charge in [0.1, 0.15) is 0 Å². The molecule has 4 nitrogen and oxygen atoms in total. The smallest absolute Gasteiger partial charge is 0.314 e. The molecule has 1 aliphatic heterocycles. The molecule has 0 aromatic heterocycles. The van der Waals surface area contributed by atoms with E-state index in [0.717, 1.165) is 30.2 Å². The van der Waals surface area contributed by atoms with Gasteiger partial charge in [0, 0.05) is 37.7 Å². The first kappa shape index (κ1) is 18.3. The molecule has 0 aliphatic carbocycles. The van der Waals surface area contributed by atoms with Crippen molar-refractivity contribution in [2.75, 3.05) is 26.2 Å². The van der Waals surface area contributed by atoms with Gasteiger partial charge < -0.3 is 10.6 Å². The third-order valence-electron chi connectivity index (χ3n) is 3.04. The minimum Gasteiger partial charge on any atom is -0.351 e. The maximum absolute atomic E-state index is 11.0. The van der Waals surface area contributed by atoms with Crippen LogP contribution in [-0.2, 0) is 6.54 Å². The van der Waals surface area contributed by atoms with Crippen LogP contribution in [0.5, 0.6) is 0 Å². The highest BCUT2D eigenvalue weighted by molar-refractivity contribution is 6.31. The van der Waals surface area contributed by atoms with E-state index in [1.54, 1.807) is 4.90 Å². The first-order chi connectivity index (χ1) is 8.16. The number of hydrogen-bond acceptors (Lipinski definition) is 2. The molecule has 0 saturated carbocycles. The summed E-state index contributed by atoms with van der Waals surface area (Å²) >= 11 is 6.11. The van der Waals surface area contributed by atoms with Crippen molar-refractivity contribution in [1.29, 1.82) is 0 Å². The molecule has 2 rings (SSSR count). The lowest BCUT2D eigenvalue weighted by molar-refractivity contribution is 0.140. The average molecular weight is 327 g/mol. The van der Waals surface area contributed by atoms with Gasteiger partial charge in [-0.1, -0.05) is 29.8 Å². The van der Waals surface area contributed by atoms with Crippen LogP contribution in [0.2, 0.25) is 5.02 Å². The first-order valence-electron chi connectivity index (χ1n) is 5.67. The van der Waals surface area contributed by atoms with Crippen LogP contribution >= 0.6 is 36.4 Å². The highest BCUT2D eigenvalue weighted by Crippen LogP contribution is 2.17. The largest absolute Gasteiger partial charge is 0.351 e. The number of halogens is 3. The molecule has 19 heavy (non-hydrogen) atoms. The zero-order valence-electron chi connectivity index (χ0n) is 10.4. The summed E-state index contributed by atoms with van der Waals surface area (Å²) in [6, 6.07) is 7.51. The number of carbonyl (C=O) groups excluding carboxylic acids is 1. The average Bonchev–Trinajstić information content (AvgIpc) is 2.33. The van der Waals surface area contributed by atoms with Crippen LogP contribution in [0.3, 0.4) is 0 Å². The number of urea groups is 1. The first-order valence-corrected chi connectivity index (χ1v) is 6.05. The summed E-state index contributed by atoms with van der Waals surface area (Å²) in [6.07, 6.45) is 0. The number of carbonyl (C=O) groups is 1. The highest BCUT2D eigenvalue weighted by Gasteiger charge is 2.19. The summed E-state index contributed by atoms with van der Waals surface area (Å²) in [5.41, 5.74) is 6.36. The summed E-state index contributed by atoms with van der Waals surface area (Å²) in [5.74, 6) is 0. The predicted octanol–water partition coefficient (Wildman–Crippen LogP) is 2.38. The van der Waals surface area contributed by atoms with Crippen LogP contribution in [0.4, 0.5) is 4.79 Å².